The summed E-state index contributed by atoms with van der Waals surface area (Å²) in [6, 6.07) is 5.16. The summed E-state index contributed by atoms with van der Waals surface area (Å²) < 4.78 is 86.7. The average molecular weight is 608 g/mol. The van der Waals surface area contributed by atoms with Crippen LogP contribution in [0.15, 0.2) is 18.2 Å². The standard InChI is InChI=1S/C18H16F3IO8S2/c19-12(18(20,21)32(25,26)27)4-5-28-15(23)8-6-13-17(7-11(8)31-13)29-10-3-1-2-9(22)14(10)16(24)30-17/h1-3,8,11-13H,4-7H2,(H,25,26,27). The minimum absolute atomic E-state index is 0.214. The molecule has 32 heavy (non-hydrogen) atoms. The first-order valence-corrected chi connectivity index (χ1v) is 12.8. The van der Waals surface area contributed by atoms with Gasteiger partial charge in [-0.25, -0.2) is 9.18 Å². The lowest BCUT2D eigenvalue weighted by Crippen LogP contribution is -2.53. The van der Waals surface area contributed by atoms with Gasteiger partial charge in [-0.15, -0.1) is 11.8 Å². The molecule has 3 heterocycles. The van der Waals surface area contributed by atoms with Crippen molar-refractivity contribution in [2.24, 2.45) is 5.92 Å². The van der Waals surface area contributed by atoms with Crippen LogP contribution in [-0.2, 0) is 24.4 Å². The number of fused-ring (bicyclic) bond motifs is 4. The highest BCUT2D eigenvalue weighted by molar-refractivity contribution is 14.1. The van der Waals surface area contributed by atoms with Crippen LogP contribution in [0.25, 0.3) is 0 Å². The quantitative estimate of drug-likeness (QED) is 0.296. The van der Waals surface area contributed by atoms with Gasteiger partial charge in [-0.3, -0.25) is 9.35 Å². The first kappa shape index (κ1) is 23.9. The Morgan fingerprint density at radius 2 is 2.12 bits per heavy atom. The van der Waals surface area contributed by atoms with Crippen LogP contribution in [-0.4, -0.2) is 59.2 Å². The van der Waals surface area contributed by atoms with Crippen molar-refractivity contribution in [3.05, 3.63) is 27.3 Å². The maximum Gasteiger partial charge on any atom is 0.400 e. The molecule has 14 heteroatoms. The van der Waals surface area contributed by atoms with Crippen molar-refractivity contribution in [1.82, 2.24) is 0 Å². The summed E-state index contributed by atoms with van der Waals surface area (Å²) >= 11 is 3.39. The molecule has 0 aliphatic carbocycles. The molecule has 2 bridgehead atoms. The van der Waals surface area contributed by atoms with E-state index in [2.05, 4.69) is 0 Å². The largest absolute Gasteiger partial charge is 0.465 e. The molecule has 1 spiro atoms. The fourth-order valence-electron chi connectivity index (χ4n) is 3.99. The van der Waals surface area contributed by atoms with E-state index < -0.39 is 58.2 Å². The number of hydrogen-bond acceptors (Lipinski definition) is 8. The summed E-state index contributed by atoms with van der Waals surface area (Å²) in [6.07, 6.45) is -3.89. The van der Waals surface area contributed by atoms with Crippen LogP contribution in [0.5, 0.6) is 5.75 Å². The first-order chi connectivity index (χ1) is 14.9. The lowest BCUT2D eigenvalue weighted by atomic mass is 9.84. The summed E-state index contributed by atoms with van der Waals surface area (Å²) in [5.74, 6) is -2.73. The Morgan fingerprint density at radius 1 is 1.41 bits per heavy atom. The van der Waals surface area contributed by atoms with Gasteiger partial charge in [0, 0.05) is 21.7 Å². The summed E-state index contributed by atoms with van der Waals surface area (Å²) in [4.78, 5) is 24.9. The van der Waals surface area contributed by atoms with Crippen LogP contribution < -0.4 is 4.74 Å². The molecule has 3 aliphatic rings. The second-order valence-corrected chi connectivity index (χ2v) is 11.7. The molecule has 4 rings (SSSR count). The zero-order valence-corrected chi connectivity index (χ0v) is 19.8. The van der Waals surface area contributed by atoms with Crippen LogP contribution in [0.2, 0.25) is 0 Å². The normalized spacial score (nSPS) is 29.9. The number of benzene rings is 1. The van der Waals surface area contributed by atoms with E-state index in [4.69, 9.17) is 18.8 Å². The van der Waals surface area contributed by atoms with Gasteiger partial charge in [0.05, 0.1) is 17.8 Å². The van der Waals surface area contributed by atoms with E-state index in [1.165, 1.54) is 11.8 Å². The third kappa shape index (κ3) is 3.96. The second kappa shape index (κ2) is 8.20. The second-order valence-electron chi connectivity index (χ2n) is 7.59. The maximum atomic E-state index is 13.5. The van der Waals surface area contributed by atoms with Gasteiger partial charge in [0.15, 0.2) is 6.17 Å². The van der Waals surface area contributed by atoms with E-state index in [1.54, 1.807) is 18.2 Å². The van der Waals surface area contributed by atoms with Gasteiger partial charge >= 0.3 is 27.3 Å². The molecule has 176 valence electrons. The van der Waals surface area contributed by atoms with E-state index in [0.29, 0.717) is 14.9 Å². The Balaban J connectivity index is 1.35. The molecule has 1 aromatic carbocycles. The van der Waals surface area contributed by atoms with Crippen LogP contribution in [0.1, 0.15) is 29.6 Å². The van der Waals surface area contributed by atoms with E-state index >= 15 is 0 Å². The van der Waals surface area contributed by atoms with Gasteiger partial charge in [-0.2, -0.15) is 17.2 Å². The van der Waals surface area contributed by atoms with E-state index in [0.717, 1.165) is 0 Å². The molecule has 5 atom stereocenters. The monoisotopic (exact) mass is 608 g/mol. The molecule has 0 radical (unpaired) electrons. The predicted molar refractivity (Wildman–Crippen MR) is 113 cm³/mol. The first-order valence-electron chi connectivity index (χ1n) is 9.37. The number of ether oxygens (including phenoxy) is 3. The molecule has 5 unspecified atom stereocenters. The smallest absolute Gasteiger partial charge is 0.400 e. The van der Waals surface area contributed by atoms with Gasteiger partial charge in [0.25, 0.3) is 5.79 Å². The highest BCUT2D eigenvalue weighted by Crippen LogP contribution is 2.58. The third-order valence-corrected chi connectivity index (χ3v) is 9.15. The maximum absolute atomic E-state index is 13.5. The number of hydrogen-bond donors (Lipinski definition) is 1. The Hall–Kier alpha value is -1.26. The minimum atomic E-state index is -5.93. The van der Waals surface area contributed by atoms with E-state index in [-0.39, 0.29) is 23.3 Å². The Labute approximate surface area is 198 Å². The third-order valence-electron chi connectivity index (χ3n) is 5.59. The number of thioether (sulfide) groups is 1. The fourth-order valence-corrected chi connectivity index (χ4v) is 7.01. The summed E-state index contributed by atoms with van der Waals surface area (Å²) in [6.45, 7) is -0.786. The SMILES string of the molecule is O=C1OC2(CC3SC2CC3C(=O)OCCC(F)C(F)(F)S(=O)(=O)O)Oc2cccc(I)c21. The van der Waals surface area contributed by atoms with Crippen molar-refractivity contribution < 1.29 is 49.9 Å². The number of esters is 2. The lowest BCUT2D eigenvalue weighted by molar-refractivity contribution is -0.172. The zero-order valence-electron chi connectivity index (χ0n) is 16.0. The van der Waals surface area contributed by atoms with Crippen molar-refractivity contribution >= 4 is 56.4 Å². The predicted octanol–water partition coefficient (Wildman–Crippen LogP) is 3.18. The Kier molecular flexibility index (Phi) is 6.12. The molecule has 0 amide bonds. The van der Waals surface area contributed by atoms with Crippen molar-refractivity contribution in [2.75, 3.05) is 6.61 Å². The fraction of sp³-hybridized carbons (Fsp3) is 0.556. The molecule has 2 fully saturated rings. The number of alkyl halides is 3. The van der Waals surface area contributed by atoms with E-state index in [9.17, 15) is 31.2 Å². The number of halogens is 4. The molecule has 1 N–H and O–H groups in total. The highest BCUT2D eigenvalue weighted by Gasteiger charge is 2.64. The lowest BCUT2D eigenvalue weighted by Gasteiger charge is -2.40. The molecule has 0 aromatic heterocycles. The van der Waals surface area contributed by atoms with E-state index in [1.807, 2.05) is 22.6 Å². The molecular formula is C18H16F3IO8S2. The van der Waals surface area contributed by atoms with Gasteiger partial charge < -0.3 is 14.2 Å². The van der Waals surface area contributed by atoms with Gasteiger partial charge in [0.1, 0.15) is 11.3 Å². The van der Waals surface area contributed by atoms with Gasteiger partial charge in [-0.1, -0.05) is 6.07 Å². The molecule has 1 aromatic rings. The average Bonchev–Trinajstić information content (AvgIpc) is 3.24. The van der Waals surface area contributed by atoms with Crippen molar-refractivity contribution in [3.63, 3.8) is 0 Å². The summed E-state index contributed by atoms with van der Waals surface area (Å²) in [5.41, 5.74) is 0.338. The van der Waals surface area contributed by atoms with Gasteiger partial charge in [0.2, 0.25) is 0 Å². The molecular weight excluding hydrogens is 592 g/mol. The molecule has 8 nitrogen and oxygen atoms in total. The summed E-state index contributed by atoms with van der Waals surface area (Å²) in [7, 11) is -5.93. The Morgan fingerprint density at radius 3 is 2.75 bits per heavy atom. The van der Waals surface area contributed by atoms with Crippen molar-refractivity contribution in [2.45, 2.75) is 47.0 Å². The van der Waals surface area contributed by atoms with Gasteiger partial charge in [-0.05, 0) is 41.1 Å². The Bertz CT molecular complexity index is 1070. The minimum Gasteiger partial charge on any atom is -0.465 e. The molecule has 0 saturated carbocycles. The van der Waals surface area contributed by atoms with Crippen LogP contribution in [0.4, 0.5) is 13.2 Å². The van der Waals surface area contributed by atoms with Crippen LogP contribution in [0.3, 0.4) is 0 Å². The number of carbonyl (C=O) groups is 2. The van der Waals surface area contributed by atoms with Crippen molar-refractivity contribution in [1.29, 1.82) is 0 Å². The van der Waals surface area contributed by atoms with Crippen LogP contribution in [0, 0.1) is 9.49 Å². The number of rotatable bonds is 6. The topological polar surface area (TPSA) is 116 Å². The summed E-state index contributed by atoms with van der Waals surface area (Å²) in [5, 5.41) is -5.69. The molecule has 2 saturated heterocycles. The number of carbonyl (C=O) groups excluding carboxylic acids is 2. The van der Waals surface area contributed by atoms with Crippen molar-refractivity contribution in [3.8, 4) is 5.75 Å². The van der Waals surface area contributed by atoms with Crippen LogP contribution >= 0.6 is 34.4 Å². The molecule has 3 aliphatic heterocycles. The highest BCUT2D eigenvalue weighted by atomic mass is 127. The zero-order chi connectivity index (χ0) is 23.5.